The van der Waals surface area contributed by atoms with Gasteiger partial charge in [-0.25, -0.2) is 22.3 Å². The molecule has 0 fully saturated rings. The molecule has 0 aliphatic heterocycles. The Balaban J connectivity index is 2.47. The van der Waals surface area contributed by atoms with E-state index in [1.165, 1.54) is 12.1 Å². The summed E-state index contributed by atoms with van der Waals surface area (Å²) in [5.41, 5.74) is 5.34. The normalized spacial score (nSPS) is 11.3. The van der Waals surface area contributed by atoms with E-state index in [9.17, 15) is 17.2 Å². The first kappa shape index (κ1) is 14.2. The molecule has 0 atom stereocenters. The van der Waals surface area contributed by atoms with E-state index in [1.807, 2.05) is 0 Å². The Kier molecular flexibility index (Phi) is 3.60. The van der Waals surface area contributed by atoms with Crippen LogP contribution in [0.5, 0.6) is 0 Å². The summed E-state index contributed by atoms with van der Waals surface area (Å²) in [6.45, 7) is 0. The van der Waals surface area contributed by atoms with Gasteiger partial charge in [0.1, 0.15) is 17.3 Å². The third-order valence-electron chi connectivity index (χ3n) is 2.49. The van der Waals surface area contributed by atoms with Crippen LogP contribution >= 0.6 is 0 Å². The molecule has 2 aromatic carbocycles. The lowest BCUT2D eigenvalue weighted by Crippen LogP contribution is -2.13. The molecule has 2 rings (SSSR count). The van der Waals surface area contributed by atoms with Crippen LogP contribution in [0.15, 0.2) is 41.3 Å². The van der Waals surface area contributed by atoms with Gasteiger partial charge in [0, 0.05) is 11.4 Å². The van der Waals surface area contributed by atoms with Crippen molar-refractivity contribution >= 4 is 27.1 Å². The Hall–Kier alpha value is -2.19. The summed E-state index contributed by atoms with van der Waals surface area (Å²) in [7, 11) is -3.97. The number of nitrogen functional groups attached to an aromatic ring is 1. The molecule has 106 valence electrons. The molecule has 0 saturated carbocycles. The van der Waals surface area contributed by atoms with Gasteiger partial charge in [-0.1, -0.05) is 6.07 Å². The van der Waals surface area contributed by atoms with Crippen molar-refractivity contribution in [2.45, 2.75) is 4.90 Å². The number of halogens is 2. The highest BCUT2D eigenvalue weighted by atomic mass is 32.2. The van der Waals surface area contributed by atoms with Crippen LogP contribution in [0.3, 0.4) is 0 Å². The maximum absolute atomic E-state index is 13.5. The predicted octanol–water partition coefficient (Wildman–Crippen LogP) is 1.94. The van der Waals surface area contributed by atoms with Gasteiger partial charge in [0.2, 0.25) is 10.0 Å². The number of para-hydroxylation sites is 1. The van der Waals surface area contributed by atoms with Crippen LogP contribution in [0.25, 0.3) is 0 Å². The van der Waals surface area contributed by atoms with Gasteiger partial charge >= 0.3 is 0 Å². The van der Waals surface area contributed by atoms with E-state index < -0.39 is 27.3 Å². The minimum atomic E-state index is -3.97. The first-order valence-electron chi connectivity index (χ1n) is 5.42. The molecule has 5 nitrogen and oxygen atoms in total. The zero-order valence-corrected chi connectivity index (χ0v) is 10.9. The van der Waals surface area contributed by atoms with Crippen molar-refractivity contribution in [3.63, 3.8) is 0 Å². The van der Waals surface area contributed by atoms with E-state index in [-0.39, 0.29) is 16.3 Å². The van der Waals surface area contributed by atoms with Gasteiger partial charge in [0.15, 0.2) is 0 Å². The summed E-state index contributed by atoms with van der Waals surface area (Å²) in [5.74, 6) is -1.63. The van der Waals surface area contributed by atoms with Gasteiger partial charge in [-0.2, -0.15) is 0 Å². The highest BCUT2D eigenvalue weighted by molar-refractivity contribution is 7.89. The van der Waals surface area contributed by atoms with Gasteiger partial charge in [-0.3, -0.25) is 0 Å². The third kappa shape index (κ3) is 3.03. The number of sulfonamides is 1. The Morgan fingerprint density at radius 3 is 2.20 bits per heavy atom. The quantitative estimate of drug-likeness (QED) is 0.754. The van der Waals surface area contributed by atoms with Crippen molar-refractivity contribution in [3.05, 3.63) is 48.0 Å². The van der Waals surface area contributed by atoms with Crippen molar-refractivity contribution in [2.24, 2.45) is 5.14 Å². The van der Waals surface area contributed by atoms with Crippen LogP contribution < -0.4 is 16.2 Å². The van der Waals surface area contributed by atoms with E-state index in [0.29, 0.717) is 0 Å². The molecule has 0 aromatic heterocycles. The van der Waals surface area contributed by atoms with E-state index in [2.05, 4.69) is 5.32 Å². The van der Waals surface area contributed by atoms with Crippen LogP contribution in [-0.4, -0.2) is 8.42 Å². The molecule has 0 aliphatic rings. The van der Waals surface area contributed by atoms with E-state index in [1.54, 1.807) is 0 Å². The Morgan fingerprint density at radius 2 is 1.65 bits per heavy atom. The summed E-state index contributed by atoms with van der Waals surface area (Å²) < 4.78 is 49.5. The summed E-state index contributed by atoms with van der Waals surface area (Å²) >= 11 is 0. The van der Waals surface area contributed by atoms with E-state index >= 15 is 0 Å². The lowest BCUT2D eigenvalue weighted by atomic mass is 10.2. The Labute approximate surface area is 114 Å². The molecular formula is C12H11F2N3O2S. The molecule has 0 amide bonds. The molecule has 5 N–H and O–H groups in total. The number of hydrogen-bond acceptors (Lipinski definition) is 4. The second-order valence-corrected chi connectivity index (χ2v) is 5.62. The lowest BCUT2D eigenvalue weighted by Gasteiger charge is -2.10. The maximum Gasteiger partial charge on any atom is 0.238 e. The zero-order valence-electron chi connectivity index (χ0n) is 10.1. The van der Waals surface area contributed by atoms with E-state index in [0.717, 1.165) is 24.3 Å². The van der Waals surface area contributed by atoms with Crippen LogP contribution in [0.2, 0.25) is 0 Å². The summed E-state index contributed by atoms with van der Waals surface area (Å²) in [6, 6.07) is 6.97. The molecule has 0 aliphatic carbocycles. The molecule has 20 heavy (non-hydrogen) atoms. The lowest BCUT2D eigenvalue weighted by molar-refractivity contribution is 0.591. The SMILES string of the molecule is Nc1cc(Nc2c(F)cccc2F)cc(S(N)(=O)=O)c1. The van der Waals surface area contributed by atoms with Crippen LogP contribution in [0, 0.1) is 11.6 Å². The highest BCUT2D eigenvalue weighted by Gasteiger charge is 2.13. The third-order valence-corrected chi connectivity index (χ3v) is 3.38. The summed E-state index contributed by atoms with van der Waals surface area (Å²) in [5, 5.41) is 7.43. The van der Waals surface area contributed by atoms with E-state index in [4.69, 9.17) is 10.9 Å². The Morgan fingerprint density at radius 1 is 1.05 bits per heavy atom. The largest absolute Gasteiger partial charge is 0.399 e. The molecule has 0 bridgehead atoms. The first-order valence-corrected chi connectivity index (χ1v) is 6.96. The van der Waals surface area contributed by atoms with Crippen molar-refractivity contribution in [2.75, 3.05) is 11.1 Å². The standard InChI is InChI=1S/C12H11F2N3O2S/c13-10-2-1-3-11(14)12(10)17-8-4-7(15)5-9(6-8)20(16,18)19/h1-6,17H,15H2,(H2,16,18,19). The summed E-state index contributed by atoms with van der Waals surface area (Å²) in [6.07, 6.45) is 0. The van der Waals surface area contributed by atoms with Crippen LogP contribution in [0.4, 0.5) is 25.8 Å². The van der Waals surface area contributed by atoms with Crippen molar-refractivity contribution in [1.82, 2.24) is 0 Å². The topological polar surface area (TPSA) is 98.2 Å². The molecule has 2 aromatic rings. The second kappa shape index (κ2) is 5.06. The fraction of sp³-hybridized carbons (Fsp3) is 0. The Bertz CT molecular complexity index is 743. The minimum absolute atomic E-state index is 0.0933. The fourth-order valence-corrected chi connectivity index (χ4v) is 2.21. The molecule has 0 saturated heterocycles. The number of primary sulfonamides is 1. The van der Waals surface area contributed by atoms with Gasteiger partial charge in [0.25, 0.3) is 0 Å². The zero-order chi connectivity index (χ0) is 14.9. The monoisotopic (exact) mass is 299 g/mol. The van der Waals surface area contributed by atoms with Gasteiger partial charge in [0.05, 0.1) is 4.90 Å². The second-order valence-electron chi connectivity index (χ2n) is 4.06. The van der Waals surface area contributed by atoms with Gasteiger partial charge < -0.3 is 11.1 Å². The number of anilines is 3. The van der Waals surface area contributed by atoms with Gasteiger partial charge in [-0.05, 0) is 30.3 Å². The number of nitrogens with two attached hydrogens (primary N) is 2. The highest BCUT2D eigenvalue weighted by Crippen LogP contribution is 2.26. The molecule has 0 unspecified atom stereocenters. The maximum atomic E-state index is 13.5. The average Bonchev–Trinajstić information content (AvgIpc) is 2.32. The number of rotatable bonds is 3. The van der Waals surface area contributed by atoms with Crippen molar-refractivity contribution in [3.8, 4) is 0 Å². The van der Waals surface area contributed by atoms with Crippen LogP contribution in [0.1, 0.15) is 0 Å². The molecule has 8 heteroatoms. The molecular weight excluding hydrogens is 288 g/mol. The fourth-order valence-electron chi connectivity index (χ4n) is 1.62. The molecule has 0 radical (unpaired) electrons. The molecule has 0 heterocycles. The number of hydrogen-bond donors (Lipinski definition) is 3. The van der Waals surface area contributed by atoms with Crippen molar-refractivity contribution < 1.29 is 17.2 Å². The minimum Gasteiger partial charge on any atom is -0.399 e. The first-order chi connectivity index (χ1) is 9.27. The number of nitrogens with one attached hydrogen (secondary N) is 1. The smallest absolute Gasteiger partial charge is 0.238 e. The average molecular weight is 299 g/mol. The van der Waals surface area contributed by atoms with Crippen LogP contribution in [-0.2, 0) is 10.0 Å². The summed E-state index contributed by atoms with van der Waals surface area (Å²) in [4.78, 5) is -0.253. The number of benzene rings is 2. The molecule has 0 spiro atoms. The predicted molar refractivity (Wildman–Crippen MR) is 71.9 cm³/mol. The van der Waals surface area contributed by atoms with Crippen molar-refractivity contribution in [1.29, 1.82) is 0 Å². The van der Waals surface area contributed by atoms with Gasteiger partial charge in [-0.15, -0.1) is 0 Å².